The molecule has 2 rings (SSSR count). The molecule has 0 bridgehead atoms. The maximum atomic E-state index is 12.5. The third-order valence-corrected chi connectivity index (χ3v) is 3.92. The van der Waals surface area contributed by atoms with Gasteiger partial charge in [-0.15, -0.1) is 0 Å². The molecule has 0 aliphatic rings. The first-order chi connectivity index (χ1) is 10.9. The predicted octanol–water partition coefficient (Wildman–Crippen LogP) is 4.45. The molecule has 1 heterocycles. The lowest BCUT2D eigenvalue weighted by Gasteiger charge is -2.11. The SMILES string of the molecule is CCC(C#N)Oc1cccc(CNc2ncc(C(F)(F)F)s2)c1. The fourth-order valence-corrected chi connectivity index (χ4v) is 2.44. The van der Waals surface area contributed by atoms with Gasteiger partial charge in [0.2, 0.25) is 0 Å². The van der Waals surface area contributed by atoms with Crippen LogP contribution < -0.4 is 10.1 Å². The van der Waals surface area contributed by atoms with Crippen LogP contribution in [0.2, 0.25) is 0 Å². The van der Waals surface area contributed by atoms with Crippen molar-refractivity contribution < 1.29 is 17.9 Å². The van der Waals surface area contributed by atoms with Gasteiger partial charge in [-0.25, -0.2) is 4.98 Å². The van der Waals surface area contributed by atoms with E-state index in [-0.39, 0.29) is 5.13 Å². The Morgan fingerprint density at radius 3 is 2.83 bits per heavy atom. The molecule has 0 saturated heterocycles. The fourth-order valence-electron chi connectivity index (χ4n) is 1.76. The van der Waals surface area contributed by atoms with Crippen LogP contribution in [0.3, 0.4) is 0 Å². The zero-order chi connectivity index (χ0) is 16.9. The molecule has 23 heavy (non-hydrogen) atoms. The Hall–Kier alpha value is -2.27. The number of nitrogens with zero attached hydrogens (tertiary/aromatic N) is 2. The lowest BCUT2D eigenvalue weighted by Crippen LogP contribution is -2.12. The van der Waals surface area contributed by atoms with Crippen molar-refractivity contribution in [3.63, 3.8) is 0 Å². The molecular formula is C15H14F3N3OS. The number of nitrogens with one attached hydrogen (secondary N) is 1. The van der Waals surface area contributed by atoms with E-state index >= 15 is 0 Å². The Morgan fingerprint density at radius 2 is 2.22 bits per heavy atom. The molecule has 1 atom stereocenters. The van der Waals surface area contributed by atoms with Gasteiger partial charge in [0.25, 0.3) is 0 Å². The van der Waals surface area contributed by atoms with Crippen molar-refractivity contribution in [2.75, 3.05) is 5.32 Å². The van der Waals surface area contributed by atoms with Gasteiger partial charge in [0, 0.05) is 6.54 Å². The van der Waals surface area contributed by atoms with Crippen molar-refractivity contribution in [1.29, 1.82) is 5.26 Å². The Bertz CT molecular complexity index is 694. The Kier molecular flexibility index (Phi) is 5.45. The summed E-state index contributed by atoms with van der Waals surface area (Å²) in [5.74, 6) is 0.549. The van der Waals surface area contributed by atoms with Gasteiger partial charge in [-0.3, -0.25) is 0 Å². The molecule has 0 amide bonds. The summed E-state index contributed by atoms with van der Waals surface area (Å²) in [5.41, 5.74) is 0.819. The average molecular weight is 341 g/mol. The summed E-state index contributed by atoms with van der Waals surface area (Å²) in [6.45, 7) is 2.16. The molecular weight excluding hydrogens is 327 g/mol. The first kappa shape index (κ1) is 17.1. The summed E-state index contributed by atoms with van der Waals surface area (Å²) in [6, 6.07) is 9.09. The van der Waals surface area contributed by atoms with Crippen molar-refractivity contribution in [2.45, 2.75) is 32.2 Å². The van der Waals surface area contributed by atoms with Crippen LogP contribution in [0.5, 0.6) is 5.75 Å². The van der Waals surface area contributed by atoms with Gasteiger partial charge in [0.1, 0.15) is 16.7 Å². The summed E-state index contributed by atoms with van der Waals surface area (Å²) in [6.07, 6.45) is -3.52. The third-order valence-electron chi connectivity index (χ3n) is 2.92. The Balaban J connectivity index is 1.98. The molecule has 0 aliphatic carbocycles. The zero-order valence-electron chi connectivity index (χ0n) is 12.2. The predicted molar refractivity (Wildman–Crippen MR) is 81.2 cm³/mol. The molecule has 0 spiro atoms. The number of benzene rings is 1. The van der Waals surface area contributed by atoms with Crippen LogP contribution in [-0.4, -0.2) is 11.1 Å². The highest BCUT2D eigenvalue weighted by atomic mass is 32.1. The summed E-state index contributed by atoms with van der Waals surface area (Å²) in [7, 11) is 0. The van der Waals surface area contributed by atoms with Crippen molar-refractivity contribution >= 4 is 16.5 Å². The second-order valence-corrected chi connectivity index (χ2v) is 5.70. The molecule has 122 valence electrons. The van der Waals surface area contributed by atoms with Gasteiger partial charge < -0.3 is 10.1 Å². The minimum atomic E-state index is -4.38. The smallest absolute Gasteiger partial charge is 0.427 e. The van der Waals surface area contributed by atoms with Crippen LogP contribution in [0.25, 0.3) is 0 Å². The number of hydrogen-bond donors (Lipinski definition) is 1. The van der Waals surface area contributed by atoms with E-state index < -0.39 is 17.2 Å². The Morgan fingerprint density at radius 1 is 1.43 bits per heavy atom. The molecule has 8 heteroatoms. The summed E-state index contributed by atoms with van der Waals surface area (Å²) in [5, 5.41) is 11.9. The minimum absolute atomic E-state index is 0.201. The van der Waals surface area contributed by atoms with Gasteiger partial charge in [-0.05, 0) is 24.1 Å². The van der Waals surface area contributed by atoms with E-state index in [9.17, 15) is 13.2 Å². The van der Waals surface area contributed by atoms with Crippen LogP contribution in [0.1, 0.15) is 23.8 Å². The number of aromatic nitrogens is 1. The molecule has 2 aromatic rings. The molecule has 1 N–H and O–H groups in total. The van der Waals surface area contributed by atoms with E-state index in [4.69, 9.17) is 10.00 Å². The molecule has 1 aromatic carbocycles. The maximum absolute atomic E-state index is 12.5. The first-order valence-electron chi connectivity index (χ1n) is 6.84. The number of alkyl halides is 3. The third kappa shape index (κ3) is 4.86. The van der Waals surface area contributed by atoms with E-state index in [2.05, 4.69) is 10.3 Å². The molecule has 0 fully saturated rings. The van der Waals surface area contributed by atoms with Gasteiger partial charge >= 0.3 is 6.18 Å². The highest BCUT2D eigenvalue weighted by molar-refractivity contribution is 7.15. The number of rotatable bonds is 6. The normalized spacial score (nSPS) is 12.5. The molecule has 4 nitrogen and oxygen atoms in total. The van der Waals surface area contributed by atoms with Crippen LogP contribution in [0.15, 0.2) is 30.5 Å². The molecule has 1 aromatic heterocycles. The van der Waals surface area contributed by atoms with E-state index in [1.54, 1.807) is 18.2 Å². The zero-order valence-corrected chi connectivity index (χ0v) is 13.0. The molecule has 1 unspecified atom stereocenters. The van der Waals surface area contributed by atoms with E-state index in [0.29, 0.717) is 30.1 Å². The average Bonchev–Trinajstić information content (AvgIpc) is 3.00. The lowest BCUT2D eigenvalue weighted by molar-refractivity contribution is -0.134. The molecule has 0 saturated carbocycles. The summed E-state index contributed by atoms with van der Waals surface area (Å²) >= 11 is 0.560. The number of anilines is 1. The minimum Gasteiger partial charge on any atom is -0.476 e. The van der Waals surface area contributed by atoms with Crippen molar-refractivity contribution in [1.82, 2.24) is 4.98 Å². The van der Waals surface area contributed by atoms with Crippen molar-refractivity contribution in [3.05, 3.63) is 40.9 Å². The van der Waals surface area contributed by atoms with Crippen LogP contribution in [0.4, 0.5) is 18.3 Å². The largest absolute Gasteiger partial charge is 0.476 e. The van der Waals surface area contributed by atoms with Crippen molar-refractivity contribution in [3.8, 4) is 11.8 Å². The fraction of sp³-hybridized carbons (Fsp3) is 0.333. The number of ether oxygens (including phenoxy) is 1. The second kappa shape index (κ2) is 7.33. The van der Waals surface area contributed by atoms with Gasteiger partial charge in [0.15, 0.2) is 11.2 Å². The van der Waals surface area contributed by atoms with Crippen molar-refractivity contribution in [2.24, 2.45) is 0 Å². The number of halogens is 3. The molecule has 0 radical (unpaired) electrons. The summed E-state index contributed by atoms with van der Waals surface area (Å²) in [4.78, 5) is 2.97. The molecule has 0 aliphatic heterocycles. The van der Waals surface area contributed by atoms with E-state index in [0.717, 1.165) is 11.8 Å². The quantitative estimate of drug-likeness (QED) is 0.843. The summed E-state index contributed by atoms with van der Waals surface area (Å²) < 4.78 is 43.0. The van der Waals surface area contributed by atoms with E-state index in [1.807, 2.05) is 19.1 Å². The second-order valence-electron chi connectivity index (χ2n) is 4.67. The lowest BCUT2D eigenvalue weighted by atomic mass is 10.2. The van der Waals surface area contributed by atoms with Gasteiger partial charge in [0.05, 0.1) is 6.20 Å². The number of hydrogen-bond acceptors (Lipinski definition) is 5. The maximum Gasteiger partial charge on any atom is 0.427 e. The van der Waals surface area contributed by atoms with Gasteiger partial charge in [-0.2, -0.15) is 18.4 Å². The van der Waals surface area contributed by atoms with Crippen LogP contribution >= 0.6 is 11.3 Å². The first-order valence-corrected chi connectivity index (χ1v) is 7.66. The topological polar surface area (TPSA) is 57.9 Å². The number of thiazole rings is 1. The van der Waals surface area contributed by atoms with Crippen LogP contribution in [0, 0.1) is 11.3 Å². The van der Waals surface area contributed by atoms with E-state index in [1.165, 1.54) is 0 Å². The number of nitriles is 1. The monoisotopic (exact) mass is 341 g/mol. The Labute approximate surface area is 135 Å². The van der Waals surface area contributed by atoms with Crippen LogP contribution in [-0.2, 0) is 12.7 Å². The highest BCUT2D eigenvalue weighted by Gasteiger charge is 2.33. The standard InChI is InChI=1S/C15H14F3N3OS/c1-2-11(7-19)22-12-5-3-4-10(6-12)8-20-14-21-9-13(23-14)15(16,17)18/h3-6,9,11H,2,8H2,1H3,(H,20,21). The van der Waals surface area contributed by atoms with Gasteiger partial charge in [-0.1, -0.05) is 30.4 Å². The highest BCUT2D eigenvalue weighted by Crippen LogP contribution is 2.35.